The van der Waals surface area contributed by atoms with E-state index in [2.05, 4.69) is 15.3 Å². The molecule has 0 aliphatic rings. The maximum atomic E-state index is 12.2. The summed E-state index contributed by atoms with van der Waals surface area (Å²) in [6.45, 7) is 0. The quantitative estimate of drug-likeness (QED) is 0.586. The maximum absolute atomic E-state index is 12.2. The Morgan fingerprint density at radius 3 is 2.65 bits per heavy atom. The van der Waals surface area contributed by atoms with Crippen molar-refractivity contribution in [1.29, 1.82) is 0 Å². The number of aromatic nitrogens is 3. The Morgan fingerprint density at radius 2 is 1.83 bits per heavy atom. The van der Waals surface area contributed by atoms with E-state index in [-0.39, 0.29) is 16.8 Å². The molecule has 6 heteroatoms. The zero-order chi connectivity index (χ0) is 15.8. The van der Waals surface area contributed by atoms with E-state index in [0.717, 1.165) is 11.0 Å². The van der Waals surface area contributed by atoms with Gasteiger partial charge in [-0.3, -0.25) is 19.0 Å². The second-order valence-corrected chi connectivity index (χ2v) is 5.10. The average molecular weight is 304 g/mol. The van der Waals surface area contributed by atoms with Crippen molar-refractivity contribution in [3.05, 3.63) is 70.3 Å². The van der Waals surface area contributed by atoms with Crippen LogP contribution >= 0.6 is 0 Å². The van der Waals surface area contributed by atoms with Crippen LogP contribution in [0.1, 0.15) is 0 Å². The minimum absolute atomic E-state index is 0.252. The number of carbonyl (C=O) groups excluding carboxylic acids is 1. The molecule has 4 rings (SSSR count). The van der Waals surface area contributed by atoms with Gasteiger partial charge < -0.3 is 5.32 Å². The van der Waals surface area contributed by atoms with Gasteiger partial charge in [0.15, 0.2) is 0 Å². The van der Waals surface area contributed by atoms with Gasteiger partial charge in [-0.15, -0.1) is 0 Å². The third kappa shape index (κ3) is 2.26. The smallest absolute Gasteiger partial charge is 0.275 e. The van der Waals surface area contributed by atoms with E-state index < -0.39 is 0 Å². The van der Waals surface area contributed by atoms with Crippen LogP contribution in [0.3, 0.4) is 0 Å². The number of rotatable bonds is 2. The second kappa shape index (κ2) is 5.10. The third-order valence-corrected chi connectivity index (χ3v) is 3.57. The number of nitrogens with one attached hydrogen (secondary N) is 2. The Labute approximate surface area is 130 Å². The van der Waals surface area contributed by atoms with E-state index in [1.54, 1.807) is 16.5 Å². The number of carbonyl (C=O) groups is 1. The molecular formula is C17H12N4O2. The van der Waals surface area contributed by atoms with Gasteiger partial charge in [-0.25, -0.2) is 4.98 Å². The van der Waals surface area contributed by atoms with Crippen molar-refractivity contribution in [2.24, 2.45) is 0 Å². The molecule has 2 heterocycles. The molecule has 0 saturated carbocycles. The molecule has 0 saturated heterocycles. The molecule has 0 radical (unpaired) electrons. The monoisotopic (exact) mass is 304 g/mol. The number of fused-ring (bicyclic) bond motifs is 3. The minimum Gasteiger partial charge on any atom is -0.322 e. The summed E-state index contributed by atoms with van der Waals surface area (Å²) in [5, 5.41) is 2.98. The molecule has 1 amide bonds. The van der Waals surface area contributed by atoms with Gasteiger partial charge in [-0.2, -0.15) is 0 Å². The first-order valence-corrected chi connectivity index (χ1v) is 7.09. The summed E-state index contributed by atoms with van der Waals surface area (Å²) in [7, 11) is 0. The number of para-hydroxylation sites is 3. The van der Waals surface area contributed by atoms with E-state index in [1.807, 2.05) is 42.5 Å². The number of hydrogen-bond acceptors (Lipinski definition) is 3. The van der Waals surface area contributed by atoms with E-state index in [4.69, 9.17) is 0 Å². The molecule has 0 aliphatic carbocycles. The molecule has 0 spiro atoms. The molecule has 0 bridgehead atoms. The summed E-state index contributed by atoms with van der Waals surface area (Å²) in [6.07, 6.45) is 1.28. The van der Waals surface area contributed by atoms with E-state index in [1.165, 1.54) is 6.08 Å². The lowest BCUT2D eigenvalue weighted by Crippen LogP contribution is -2.28. The molecule has 6 nitrogen and oxygen atoms in total. The number of anilines is 1. The molecule has 0 unspecified atom stereocenters. The van der Waals surface area contributed by atoms with Gasteiger partial charge in [-0.1, -0.05) is 30.3 Å². The Kier molecular flexibility index (Phi) is 2.94. The largest absolute Gasteiger partial charge is 0.322 e. The van der Waals surface area contributed by atoms with Crippen molar-refractivity contribution in [2.45, 2.75) is 0 Å². The summed E-state index contributed by atoms with van der Waals surface area (Å²) in [5.74, 6) is 0.0574. The third-order valence-electron chi connectivity index (χ3n) is 3.57. The standard InChI is InChI=1S/C17H12N4O2/c22-15(18-11-6-2-1-3-7-11)10-14-16(23)20-17-19-12-8-4-5-9-13(12)21(14)17/h1-10H,(H,18,22)(H,19,20,23)/b14-10+. The highest BCUT2D eigenvalue weighted by Crippen LogP contribution is 2.11. The number of benzene rings is 2. The number of amides is 1. The molecule has 0 fully saturated rings. The fourth-order valence-electron chi connectivity index (χ4n) is 2.57. The molecule has 2 N–H and O–H groups in total. The van der Waals surface area contributed by atoms with Crippen LogP contribution in [-0.4, -0.2) is 20.3 Å². The molecule has 112 valence electrons. The van der Waals surface area contributed by atoms with Crippen molar-refractivity contribution >= 4 is 34.5 Å². The van der Waals surface area contributed by atoms with Gasteiger partial charge in [0.1, 0.15) is 5.35 Å². The summed E-state index contributed by atoms with van der Waals surface area (Å²) in [5.41, 5.74) is 1.86. The Bertz CT molecular complexity index is 1130. The number of nitrogens with zero attached hydrogens (tertiary/aromatic N) is 2. The Hall–Kier alpha value is -3.41. The van der Waals surface area contributed by atoms with Crippen molar-refractivity contribution < 1.29 is 4.79 Å². The number of imidazole rings is 2. The van der Waals surface area contributed by atoms with Gasteiger partial charge in [0.05, 0.1) is 11.0 Å². The number of H-pyrrole nitrogens is 1. The predicted octanol–water partition coefficient (Wildman–Crippen LogP) is 1.31. The van der Waals surface area contributed by atoms with E-state index >= 15 is 0 Å². The Balaban J connectivity index is 1.86. The van der Waals surface area contributed by atoms with E-state index in [0.29, 0.717) is 11.5 Å². The summed E-state index contributed by atoms with van der Waals surface area (Å²) in [4.78, 5) is 31.3. The van der Waals surface area contributed by atoms with Crippen LogP contribution in [0.4, 0.5) is 5.69 Å². The molecular weight excluding hydrogens is 292 g/mol. The highest BCUT2D eigenvalue weighted by molar-refractivity contribution is 6.12. The molecule has 2 aromatic carbocycles. The maximum Gasteiger partial charge on any atom is 0.275 e. The van der Waals surface area contributed by atoms with Gasteiger partial charge >= 0.3 is 0 Å². The number of aromatic amines is 1. The molecule has 0 atom stereocenters. The number of hydrogen-bond donors (Lipinski definition) is 2. The van der Waals surface area contributed by atoms with Crippen LogP contribution in [0.5, 0.6) is 0 Å². The van der Waals surface area contributed by atoms with Crippen LogP contribution in [-0.2, 0) is 4.79 Å². The zero-order valence-corrected chi connectivity index (χ0v) is 12.0. The highest BCUT2D eigenvalue weighted by atomic mass is 16.1. The molecule has 23 heavy (non-hydrogen) atoms. The first kappa shape index (κ1) is 13.3. The van der Waals surface area contributed by atoms with Crippen LogP contribution in [0, 0.1) is 0 Å². The average Bonchev–Trinajstić information content (AvgIpc) is 3.04. The lowest BCUT2D eigenvalue weighted by molar-refractivity contribution is -0.110. The van der Waals surface area contributed by atoms with Crippen molar-refractivity contribution in [2.75, 3.05) is 5.32 Å². The molecule has 4 aromatic rings. The van der Waals surface area contributed by atoms with Crippen LogP contribution < -0.4 is 16.2 Å². The first-order chi connectivity index (χ1) is 11.2. The second-order valence-electron chi connectivity index (χ2n) is 5.10. The zero-order valence-electron chi connectivity index (χ0n) is 12.0. The SMILES string of the molecule is O=C(/C=c1\c(=O)[nH]c2nc3ccccc3n12)Nc1ccccc1. The summed E-state index contributed by atoms with van der Waals surface area (Å²) < 4.78 is 1.65. The van der Waals surface area contributed by atoms with Crippen molar-refractivity contribution in [1.82, 2.24) is 14.4 Å². The van der Waals surface area contributed by atoms with Crippen LogP contribution in [0.15, 0.2) is 59.4 Å². The minimum atomic E-state index is -0.369. The fraction of sp³-hybridized carbons (Fsp3) is 0. The first-order valence-electron chi connectivity index (χ1n) is 7.09. The van der Waals surface area contributed by atoms with Crippen molar-refractivity contribution in [3.8, 4) is 0 Å². The highest BCUT2D eigenvalue weighted by Gasteiger charge is 2.10. The Morgan fingerprint density at radius 1 is 1.09 bits per heavy atom. The lowest BCUT2D eigenvalue weighted by atomic mass is 10.3. The predicted molar refractivity (Wildman–Crippen MR) is 88.1 cm³/mol. The topological polar surface area (TPSA) is 79.3 Å². The summed E-state index contributed by atoms with van der Waals surface area (Å²) >= 11 is 0. The summed E-state index contributed by atoms with van der Waals surface area (Å²) in [6, 6.07) is 16.5. The fourth-order valence-corrected chi connectivity index (χ4v) is 2.57. The lowest BCUT2D eigenvalue weighted by Gasteiger charge is -2.00. The molecule has 0 aliphatic heterocycles. The van der Waals surface area contributed by atoms with Crippen LogP contribution in [0.25, 0.3) is 22.9 Å². The van der Waals surface area contributed by atoms with E-state index in [9.17, 15) is 9.59 Å². The normalized spacial score (nSPS) is 12.1. The van der Waals surface area contributed by atoms with Crippen LogP contribution in [0.2, 0.25) is 0 Å². The van der Waals surface area contributed by atoms with Crippen molar-refractivity contribution in [3.63, 3.8) is 0 Å². The van der Waals surface area contributed by atoms with Gasteiger partial charge in [0.25, 0.3) is 11.5 Å². The van der Waals surface area contributed by atoms with Gasteiger partial charge in [0, 0.05) is 11.8 Å². The van der Waals surface area contributed by atoms with Gasteiger partial charge in [0.2, 0.25) is 5.78 Å². The van der Waals surface area contributed by atoms with Gasteiger partial charge in [-0.05, 0) is 24.3 Å². The molecule has 2 aromatic heterocycles.